The van der Waals surface area contributed by atoms with Gasteiger partial charge in [0.2, 0.25) is 0 Å². The lowest BCUT2D eigenvalue weighted by Gasteiger charge is -2.04. The lowest BCUT2D eigenvalue weighted by molar-refractivity contribution is 0.628. The molecule has 0 spiro atoms. The van der Waals surface area contributed by atoms with Crippen molar-refractivity contribution in [3.8, 4) is 0 Å². The molecule has 0 aliphatic carbocycles. The molecule has 0 aliphatic heterocycles. The van der Waals surface area contributed by atoms with Crippen LogP contribution in [0.1, 0.15) is 5.56 Å². The molecule has 0 unspecified atom stereocenters. The van der Waals surface area contributed by atoms with E-state index in [4.69, 9.17) is 0 Å². The Labute approximate surface area is 100 Å². The maximum atomic E-state index is 12.9. The molecule has 1 aromatic heterocycles. The number of halogens is 2. The first-order valence-electron chi connectivity index (χ1n) is 4.46. The lowest BCUT2D eigenvalue weighted by Crippen LogP contribution is -1.97. The Morgan fingerprint density at radius 1 is 1.33 bits per heavy atom. The zero-order valence-corrected chi connectivity index (χ0v) is 10.2. The maximum Gasteiger partial charge on any atom is 0.125 e. The van der Waals surface area contributed by atoms with E-state index in [-0.39, 0.29) is 5.82 Å². The largest absolute Gasteiger partial charge is 0.381 e. The summed E-state index contributed by atoms with van der Waals surface area (Å²) in [6.45, 7) is 0.714. The van der Waals surface area contributed by atoms with Gasteiger partial charge in [0, 0.05) is 12.2 Å². The average Bonchev–Trinajstić information content (AvgIpc) is 2.62. The normalized spacial score (nSPS) is 10.3. The van der Waals surface area contributed by atoms with Crippen molar-refractivity contribution in [2.75, 3.05) is 5.32 Å². The number of hydrogen-bond donors (Lipinski definition) is 1. The minimum atomic E-state index is -0.216. The van der Waals surface area contributed by atoms with Crippen LogP contribution in [0.2, 0.25) is 0 Å². The molecule has 15 heavy (non-hydrogen) atoms. The van der Waals surface area contributed by atoms with Gasteiger partial charge in [0.05, 0.1) is 3.79 Å². The van der Waals surface area contributed by atoms with Gasteiger partial charge in [-0.1, -0.05) is 6.07 Å². The van der Waals surface area contributed by atoms with Crippen LogP contribution in [0.25, 0.3) is 0 Å². The van der Waals surface area contributed by atoms with Crippen LogP contribution >= 0.6 is 27.3 Å². The second kappa shape index (κ2) is 4.77. The zero-order chi connectivity index (χ0) is 10.7. The van der Waals surface area contributed by atoms with Crippen LogP contribution in [0.5, 0.6) is 0 Å². The highest BCUT2D eigenvalue weighted by Gasteiger charge is 1.98. The van der Waals surface area contributed by atoms with E-state index >= 15 is 0 Å². The predicted molar refractivity (Wildman–Crippen MR) is 65.7 cm³/mol. The van der Waals surface area contributed by atoms with Gasteiger partial charge in [-0.25, -0.2) is 4.39 Å². The van der Waals surface area contributed by atoms with Crippen molar-refractivity contribution < 1.29 is 4.39 Å². The highest BCUT2D eigenvalue weighted by atomic mass is 79.9. The monoisotopic (exact) mass is 285 g/mol. The fourth-order valence-electron chi connectivity index (χ4n) is 1.24. The Hall–Kier alpha value is -0.870. The Kier molecular flexibility index (Phi) is 3.38. The summed E-state index contributed by atoms with van der Waals surface area (Å²) >= 11 is 5.05. The molecule has 1 N–H and O–H groups in total. The number of hydrogen-bond acceptors (Lipinski definition) is 2. The smallest absolute Gasteiger partial charge is 0.125 e. The number of nitrogens with one attached hydrogen (secondary N) is 1. The Bertz CT molecular complexity index is 455. The summed E-state index contributed by atoms with van der Waals surface area (Å²) in [5.74, 6) is -0.216. The summed E-state index contributed by atoms with van der Waals surface area (Å²) < 4.78 is 14.0. The summed E-state index contributed by atoms with van der Waals surface area (Å²) in [5, 5.41) is 5.23. The van der Waals surface area contributed by atoms with E-state index < -0.39 is 0 Å². The number of thiophene rings is 1. The summed E-state index contributed by atoms with van der Waals surface area (Å²) in [7, 11) is 0. The van der Waals surface area contributed by atoms with E-state index in [1.54, 1.807) is 17.4 Å². The SMILES string of the molecule is Fc1cccc(NCc2csc(Br)c2)c1. The highest BCUT2D eigenvalue weighted by Crippen LogP contribution is 2.21. The first kappa shape index (κ1) is 10.6. The van der Waals surface area contributed by atoms with Gasteiger partial charge in [-0.05, 0) is 51.1 Å². The quantitative estimate of drug-likeness (QED) is 0.888. The molecule has 0 bridgehead atoms. The molecule has 2 rings (SSSR count). The third-order valence-electron chi connectivity index (χ3n) is 1.94. The van der Waals surface area contributed by atoms with Gasteiger partial charge < -0.3 is 5.32 Å². The van der Waals surface area contributed by atoms with E-state index in [0.717, 1.165) is 9.47 Å². The summed E-state index contributed by atoms with van der Waals surface area (Å²) in [6.07, 6.45) is 0. The van der Waals surface area contributed by atoms with Crippen molar-refractivity contribution >= 4 is 33.0 Å². The van der Waals surface area contributed by atoms with Crippen molar-refractivity contribution in [1.29, 1.82) is 0 Å². The zero-order valence-electron chi connectivity index (χ0n) is 7.84. The third kappa shape index (κ3) is 3.04. The van der Waals surface area contributed by atoms with E-state index in [1.807, 2.05) is 6.07 Å². The van der Waals surface area contributed by atoms with Crippen LogP contribution in [-0.2, 0) is 6.54 Å². The first-order valence-corrected chi connectivity index (χ1v) is 6.13. The second-order valence-electron chi connectivity index (χ2n) is 3.12. The maximum absolute atomic E-state index is 12.9. The number of anilines is 1. The van der Waals surface area contributed by atoms with Gasteiger partial charge in [-0.2, -0.15) is 0 Å². The van der Waals surface area contributed by atoms with Gasteiger partial charge in [0.15, 0.2) is 0 Å². The molecule has 78 valence electrons. The van der Waals surface area contributed by atoms with Crippen LogP contribution in [0.3, 0.4) is 0 Å². The molecule has 0 amide bonds. The minimum absolute atomic E-state index is 0.216. The molecule has 0 aliphatic rings. The van der Waals surface area contributed by atoms with Crippen molar-refractivity contribution in [1.82, 2.24) is 0 Å². The Morgan fingerprint density at radius 3 is 2.87 bits per heavy atom. The van der Waals surface area contributed by atoms with Gasteiger partial charge >= 0.3 is 0 Å². The summed E-state index contributed by atoms with van der Waals surface area (Å²) in [5.41, 5.74) is 1.99. The van der Waals surface area contributed by atoms with E-state index in [2.05, 4.69) is 32.7 Å². The highest BCUT2D eigenvalue weighted by molar-refractivity contribution is 9.11. The minimum Gasteiger partial charge on any atom is -0.381 e. The van der Waals surface area contributed by atoms with Crippen LogP contribution < -0.4 is 5.32 Å². The van der Waals surface area contributed by atoms with Crippen molar-refractivity contribution in [3.05, 3.63) is 50.9 Å². The van der Waals surface area contributed by atoms with Gasteiger partial charge in [0.1, 0.15) is 5.82 Å². The fraction of sp³-hybridized carbons (Fsp3) is 0.0909. The molecule has 0 saturated carbocycles. The van der Waals surface area contributed by atoms with Crippen LogP contribution in [-0.4, -0.2) is 0 Å². The number of benzene rings is 1. The van der Waals surface area contributed by atoms with Crippen LogP contribution in [0, 0.1) is 5.82 Å². The summed E-state index contributed by atoms with van der Waals surface area (Å²) in [6, 6.07) is 8.52. The predicted octanol–water partition coefficient (Wildman–Crippen LogP) is 4.26. The van der Waals surface area contributed by atoms with Crippen molar-refractivity contribution in [2.24, 2.45) is 0 Å². The van der Waals surface area contributed by atoms with E-state index in [1.165, 1.54) is 17.7 Å². The average molecular weight is 286 g/mol. The lowest BCUT2D eigenvalue weighted by atomic mass is 10.3. The number of rotatable bonds is 3. The van der Waals surface area contributed by atoms with E-state index in [0.29, 0.717) is 6.54 Å². The van der Waals surface area contributed by atoms with Crippen molar-refractivity contribution in [2.45, 2.75) is 6.54 Å². The molecule has 0 atom stereocenters. The fourth-order valence-corrected chi connectivity index (χ4v) is 2.45. The molecular formula is C11H9BrFNS. The van der Waals surface area contributed by atoms with Crippen molar-refractivity contribution in [3.63, 3.8) is 0 Å². The Morgan fingerprint density at radius 2 is 2.20 bits per heavy atom. The van der Waals surface area contributed by atoms with E-state index in [9.17, 15) is 4.39 Å². The molecule has 2 aromatic rings. The molecule has 0 fully saturated rings. The van der Waals surface area contributed by atoms with Gasteiger partial charge in [0.25, 0.3) is 0 Å². The van der Waals surface area contributed by atoms with Crippen LogP contribution in [0.15, 0.2) is 39.5 Å². The molecule has 1 nitrogen and oxygen atoms in total. The summed E-state index contributed by atoms with van der Waals surface area (Å²) in [4.78, 5) is 0. The second-order valence-corrected chi connectivity index (χ2v) is 5.41. The molecule has 1 heterocycles. The Balaban J connectivity index is 1.99. The molecule has 4 heteroatoms. The third-order valence-corrected chi connectivity index (χ3v) is 3.50. The molecule has 0 radical (unpaired) electrons. The van der Waals surface area contributed by atoms with Gasteiger partial charge in [-0.3, -0.25) is 0 Å². The van der Waals surface area contributed by atoms with Crippen LogP contribution in [0.4, 0.5) is 10.1 Å². The van der Waals surface area contributed by atoms with Gasteiger partial charge in [-0.15, -0.1) is 11.3 Å². The molecular weight excluding hydrogens is 277 g/mol. The first-order chi connectivity index (χ1) is 7.24. The molecule has 1 aromatic carbocycles. The topological polar surface area (TPSA) is 12.0 Å². The standard InChI is InChI=1S/C11H9BrFNS/c12-11-4-8(7-15-11)6-14-10-3-1-2-9(13)5-10/h1-5,7,14H,6H2. The molecule has 0 saturated heterocycles.